The van der Waals surface area contributed by atoms with Crippen LogP contribution in [-0.4, -0.2) is 15.1 Å². The largest absolute Gasteiger partial charge is 0.390 e. The highest BCUT2D eigenvalue weighted by atomic mass is 79.9. The molecule has 0 radical (unpaired) electrons. The Morgan fingerprint density at radius 3 is 2.87 bits per heavy atom. The molecule has 0 amide bonds. The molecule has 0 saturated carbocycles. The van der Waals surface area contributed by atoms with Gasteiger partial charge in [0.1, 0.15) is 5.82 Å². The first kappa shape index (κ1) is 10.4. The lowest BCUT2D eigenvalue weighted by molar-refractivity contribution is 0.276. The van der Waals surface area contributed by atoms with Gasteiger partial charge in [0.2, 0.25) is 0 Å². The number of aliphatic hydroxyl groups excluding tert-OH is 1. The van der Waals surface area contributed by atoms with Crippen LogP contribution in [0.25, 0.3) is 11.4 Å². The summed E-state index contributed by atoms with van der Waals surface area (Å²) in [5.41, 5.74) is 2.62. The Hall–Kier alpha value is -1.13. The number of aromatic nitrogens is 2. The Labute approximate surface area is 96.3 Å². The number of rotatable bonds is 2. The van der Waals surface area contributed by atoms with Gasteiger partial charge in [-0.2, -0.15) is 0 Å². The lowest BCUT2D eigenvalue weighted by Gasteiger charge is -1.96. The number of hydrogen-bond acceptors (Lipinski definition) is 2. The van der Waals surface area contributed by atoms with Crippen molar-refractivity contribution in [1.29, 1.82) is 0 Å². The van der Waals surface area contributed by atoms with Gasteiger partial charge in [-0.3, -0.25) is 0 Å². The van der Waals surface area contributed by atoms with Crippen LogP contribution in [0.1, 0.15) is 11.4 Å². The number of benzene rings is 1. The highest BCUT2D eigenvalue weighted by Crippen LogP contribution is 2.21. The molecule has 0 aliphatic rings. The maximum atomic E-state index is 9.04. The summed E-state index contributed by atoms with van der Waals surface area (Å²) in [4.78, 5) is 7.46. The number of imidazole rings is 1. The predicted octanol–water partition coefficient (Wildman–Crippen LogP) is 2.64. The molecular weight excluding hydrogens is 256 g/mol. The van der Waals surface area contributed by atoms with Crippen LogP contribution in [-0.2, 0) is 6.61 Å². The molecule has 2 aromatic rings. The number of aromatic amines is 1. The van der Waals surface area contributed by atoms with E-state index in [1.54, 1.807) is 0 Å². The van der Waals surface area contributed by atoms with Crippen molar-refractivity contribution in [2.45, 2.75) is 13.5 Å². The van der Waals surface area contributed by atoms with E-state index >= 15 is 0 Å². The summed E-state index contributed by atoms with van der Waals surface area (Å²) in [6.07, 6.45) is 0. The van der Waals surface area contributed by atoms with Crippen LogP contribution in [0.3, 0.4) is 0 Å². The van der Waals surface area contributed by atoms with E-state index in [4.69, 9.17) is 5.11 Å². The monoisotopic (exact) mass is 266 g/mol. The molecule has 0 unspecified atom stereocenters. The highest BCUT2D eigenvalue weighted by Gasteiger charge is 2.07. The van der Waals surface area contributed by atoms with E-state index in [-0.39, 0.29) is 6.61 Å². The average Bonchev–Trinajstić information content (AvgIpc) is 2.60. The molecule has 78 valence electrons. The summed E-state index contributed by atoms with van der Waals surface area (Å²) in [7, 11) is 0. The van der Waals surface area contributed by atoms with Crippen molar-refractivity contribution in [3.05, 3.63) is 40.1 Å². The van der Waals surface area contributed by atoms with Gasteiger partial charge in [0, 0.05) is 15.7 Å². The summed E-state index contributed by atoms with van der Waals surface area (Å²) >= 11 is 3.41. The average molecular weight is 267 g/mol. The summed E-state index contributed by atoms with van der Waals surface area (Å²) < 4.78 is 1.01. The van der Waals surface area contributed by atoms with E-state index in [0.717, 1.165) is 21.6 Å². The molecule has 4 heteroatoms. The second-order valence-corrected chi connectivity index (χ2v) is 4.24. The standard InChI is InChI=1S/C11H11BrN2O/c1-7-10(6-15)14-11(13-7)8-3-2-4-9(12)5-8/h2-5,15H,6H2,1H3,(H,13,14). The summed E-state index contributed by atoms with van der Waals surface area (Å²) in [5, 5.41) is 9.04. The predicted molar refractivity (Wildman–Crippen MR) is 62.4 cm³/mol. The van der Waals surface area contributed by atoms with Gasteiger partial charge < -0.3 is 10.1 Å². The minimum absolute atomic E-state index is 0.0314. The number of aryl methyl sites for hydroxylation is 1. The summed E-state index contributed by atoms with van der Waals surface area (Å²) in [6.45, 7) is 1.87. The van der Waals surface area contributed by atoms with Crippen LogP contribution < -0.4 is 0 Å². The third-order valence-electron chi connectivity index (χ3n) is 2.23. The van der Waals surface area contributed by atoms with Gasteiger partial charge in [-0.15, -0.1) is 0 Å². The Balaban J connectivity index is 2.45. The van der Waals surface area contributed by atoms with Gasteiger partial charge in [0.25, 0.3) is 0 Å². The van der Waals surface area contributed by atoms with Crippen LogP contribution in [0.2, 0.25) is 0 Å². The van der Waals surface area contributed by atoms with Crippen molar-refractivity contribution < 1.29 is 5.11 Å². The quantitative estimate of drug-likeness (QED) is 0.878. The second kappa shape index (κ2) is 4.16. The van der Waals surface area contributed by atoms with E-state index in [1.165, 1.54) is 0 Å². The Morgan fingerprint density at radius 2 is 2.27 bits per heavy atom. The van der Waals surface area contributed by atoms with Crippen molar-refractivity contribution in [2.75, 3.05) is 0 Å². The topological polar surface area (TPSA) is 48.9 Å². The first-order chi connectivity index (χ1) is 7.20. The van der Waals surface area contributed by atoms with E-state index in [0.29, 0.717) is 5.69 Å². The highest BCUT2D eigenvalue weighted by molar-refractivity contribution is 9.10. The molecule has 2 N–H and O–H groups in total. The smallest absolute Gasteiger partial charge is 0.137 e. The number of nitrogens with zero attached hydrogens (tertiary/aromatic N) is 1. The fourth-order valence-electron chi connectivity index (χ4n) is 1.42. The number of aliphatic hydroxyl groups is 1. The third-order valence-corrected chi connectivity index (χ3v) is 2.73. The molecule has 2 rings (SSSR count). The zero-order chi connectivity index (χ0) is 10.8. The molecule has 0 bridgehead atoms. The first-order valence-corrected chi connectivity index (χ1v) is 5.42. The number of H-pyrrole nitrogens is 1. The molecule has 15 heavy (non-hydrogen) atoms. The minimum Gasteiger partial charge on any atom is -0.390 e. The molecule has 0 atom stereocenters. The summed E-state index contributed by atoms with van der Waals surface area (Å²) in [6, 6.07) is 7.88. The van der Waals surface area contributed by atoms with Gasteiger partial charge >= 0.3 is 0 Å². The zero-order valence-corrected chi connectivity index (χ0v) is 9.87. The van der Waals surface area contributed by atoms with Gasteiger partial charge in [0.05, 0.1) is 12.3 Å². The fourth-order valence-corrected chi connectivity index (χ4v) is 1.82. The molecule has 0 aliphatic heterocycles. The van der Waals surface area contributed by atoms with E-state index < -0.39 is 0 Å². The molecule has 3 nitrogen and oxygen atoms in total. The van der Waals surface area contributed by atoms with Gasteiger partial charge in [-0.25, -0.2) is 4.98 Å². The molecule has 1 heterocycles. The van der Waals surface area contributed by atoms with E-state index in [1.807, 2.05) is 31.2 Å². The maximum Gasteiger partial charge on any atom is 0.137 e. The lowest BCUT2D eigenvalue weighted by Crippen LogP contribution is -1.85. The Kier molecular flexibility index (Phi) is 2.88. The third kappa shape index (κ3) is 2.11. The normalized spacial score (nSPS) is 10.6. The van der Waals surface area contributed by atoms with Crippen LogP contribution in [0.15, 0.2) is 28.7 Å². The van der Waals surface area contributed by atoms with Crippen molar-refractivity contribution >= 4 is 15.9 Å². The number of nitrogens with one attached hydrogen (secondary N) is 1. The molecule has 0 spiro atoms. The Morgan fingerprint density at radius 1 is 1.47 bits per heavy atom. The molecule has 0 aliphatic carbocycles. The van der Waals surface area contributed by atoms with Crippen LogP contribution in [0.4, 0.5) is 0 Å². The SMILES string of the molecule is Cc1[nH]c(-c2cccc(Br)c2)nc1CO. The Bertz CT molecular complexity index is 479. The molecule has 0 fully saturated rings. The first-order valence-electron chi connectivity index (χ1n) is 4.63. The van der Waals surface area contributed by atoms with Crippen molar-refractivity contribution in [1.82, 2.24) is 9.97 Å². The second-order valence-electron chi connectivity index (χ2n) is 3.33. The lowest BCUT2D eigenvalue weighted by atomic mass is 10.2. The van der Waals surface area contributed by atoms with Crippen LogP contribution >= 0.6 is 15.9 Å². The van der Waals surface area contributed by atoms with Gasteiger partial charge in [0.15, 0.2) is 0 Å². The number of halogens is 1. The summed E-state index contributed by atoms with van der Waals surface area (Å²) in [5.74, 6) is 0.790. The van der Waals surface area contributed by atoms with Crippen LogP contribution in [0, 0.1) is 6.92 Å². The van der Waals surface area contributed by atoms with Crippen molar-refractivity contribution in [3.63, 3.8) is 0 Å². The van der Waals surface area contributed by atoms with Crippen molar-refractivity contribution in [3.8, 4) is 11.4 Å². The molecule has 1 aromatic carbocycles. The van der Waals surface area contributed by atoms with Crippen molar-refractivity contribution in [2.24, 2.45) is 0 Å². The molecule has 0 saturated heterocycles. The minimum atomic E-state index is -0.0314. The zero-order valence-electron chi connectivity index (χ0n) is 8.29. The van der Waals surface area contributed by atoms with Crippen LogP contribution in [0.5, 0.6) is 0 Å². The van der Waals surface area contributed by atoms with Gasteiger partial charge in [-0.05, 0) is 19.1 Å². The molecular formula is C11H11BrN2O. The number of hydrogen-bond donors (Lipinski definition) is 2. The molecule has 1 aromatic heterocycles. The maximum absolute atomic E-state index is 9.04. The van der Waals surface area contributed by atoms with E-state index in [2.05, 4.69) is 25.9 Å². The fraction of sp³-hybridized carbons (Fsp3) is 0.182. The van der Waals surface area contributed by atoms with E-state index in [9.17, 15) is 0 Å². The van der Waals surface area contributed by atoms with Gasteiger partial charge in [-0.1, -0.05) is 28.1 Å².